The van der Waals surface area contributed by atoms with Crippen LogP contribution in [0.5, 0.6) is 0 Å². The summed E-state index contributed by atoms with van der Waals surface area (Å²) in [6.45, 7) is 4.46. The summed E-state index contributed by atoms with van der Waals surface area (Å²) in [5, 5.41) is 10.5. The summed E-state index contributed by atoms with van der Waals surface area (Å²) >= 11 is 3.43. The highest BCUT2D eigenvalue weighted by Gasteiger charge is 2.29. The van der Waals surface area contributed by atoms with E-state index in [0.29, 0.717) is 12.5 Å². The number of carbonyl (C=O) groups excluding carboxylic acids is 1. The summed E-state index contributed by atoms with van der Waals surface area (Å²) in [5.74, 6) is 1.25. The maximum Gasteiger partial charge on any atom is 0.228 e. The molecule has 1 aromatic carbocycles. The smallest absolute Gasteiger partial charge is 0.228 e. The first-order chi connectivity index (χ1) is 10.6. The second-order valence-corrected chi connectivity index (χ2v) is 6.61. The average molecular weight is 363 g/mol. The summed E-state index contributed by atoms with van der Waals surface area (Å²) in [4.78, 5) is 12.3. The predicted molar refractivity (Wildman–Crippen MR) is 89.6 cm³/mol. The molecule has 0 bridgehead atoms. The maximum absolute atomic E-state index is 12.3. The Morgan fingerprint density at radius 3 is 2.77 bits per heavy atom. The molecular formula is C16H19BrN4O. The van der Waals surface area contributed by atoms with Gasteiger partial charge in [0, 0.05) is 16.5 Å². The van der Waals surface area contributed by atoms with Crippen molar-refractivity contribution in [1.82, 2.24) is 15.1 Å². The number of rotatable bonds is 5. The highest BCUT2D eigenvalue weighted by molar-refractivity contribution is 9.10. The molecule has 22 heavy (non-hydrogen) atoms. The average Bonchev–Trinajstić information content (AvgIpc) is 2.86. The van der Waals surface area contributed by atoms with Gasteiger partial charge in [0.15, 0.2) is 0 Å². The lowest BCUT2D eigenvalue weighted by Gasteiger charge is -2.31. The molecule has 0 aliphatic carbocycles. The van der Waals surface area contributed by atoms with E-state index in [9.17, 15) is 4.79 Å². The summed E-state index contributed by atoms with van der Waals surface area (Å²) in [5.41, 5.74) is 1.14. The van der Waals surface area contributed by atoms with Crippen LogP contribution in [-0.2, 0) is 11.3 Å². The fourth-order valence-corrected chi connectivity index (χ4v) is 2.71. The lowest BCUT2D eigenvalue weighted by molar-refractivity contribution is -0.121. The Hall–Kier alpha value is -1.66. The van der Waals surface area contributed by atoms with Crippen LogP contribution in [0.2, 0.25) is 0 Å². The number of aromatic nitrogens is 2. The molecule has 2 aromatic rings. The van der Waals surface area contributed by atoms with Gasteiger partial charge in [0.25, 0.3) is 0 Å². The molecule has 0 saturated carbocycles. The van der Waals surface area contributed by atoms with Gasteiger partial charge in [0.1, 0.15) is 5.82 Å². The molecule has 1 aliphatic rings. The second-order valence-electron chi connectivity index (χ2n) is 5.70. The van der Waals surface area contributed by atoms with Gasteiger partial charge >= 0.3 is 0 Å². The van der Waals surface area contributed by atoms with Gasteiger partial charge in [-0.3, -0.25) is 4.79 Å². The van der Waals surface area contributed by atoms with Gasteiger partial charge in [-0.25, -0.2) is 4.68 Å². The molecule has 3 rings (SSSR count). The molecule has 1 amide bonds. The van der Waals surface area contributed by atoms with Crippen LogP contribution in [0.1, 0.15) is 12.5 Å². The molecule has 2 heterocycles. The highest BCUT2D eigenvalue weighted by atomic mass is 79.9. The fraction of sp³-hybridized carbons (Fsp3) is 0.375. The van der Waals surface area contributed by atoms with Gasteiger partial charge in [0.2, 0.25) is 5.91 Å². The first-order valence-corrected chi connectivity index (χ1v) is 8.20. The van der Waals surface area contributed by atoms with E-state index in [1.807, 2.05) is 41.9 Å². The van der Waals surface area contributed by atoms with E-state index in [1.165, 1.54) is 0 Å². The predicted octanol–water partition coefficient (Wildman–Crippen LogP) is 2.49. The zero-order chi connectivity index (χ0) is 15.5. The molecule has 1 atom stereocenters. The van der Waals surface area contributed by atoms with Crippen LogP contribution >= 0.6 is 15.9 Å². The molecule has 1 unspecified atom stereocenters. The topological polar surface area (TPSA) is 59.0 Å². The Morgan fingerprint density at radius 1 is 1.41 bits per heavy atom. The number of hydrogen-bond acceptors (Lipinski definition) is 3. The van der Waals surface area contributed by atoms with Crippen LogP contribution in [0, 0.1) is 11.8 Å². The zero-order valence-electron chi connectivity index (χ0n) is 12.4. The number of hydrogen-bond donors (Lipinski definition) is 2. The van der Waals surface area contributed by atoms with Crippen LogP contribution in [0.15, 0.2) is 41.0 Å². The maximum atomic E-state index is 12.3. The molecule has 0 radical (unpaired) electrons. The molecular weight excluding hydrogens is 344 g/mol. The van der Waals surface area contributed by atoms with E-state index in [4.69, 9.17) is 0 Å². The molecule has 0 spiro atoms. The minimum atomic E-state index is 0.0114. The lowest BCUT2D eigenvalue weighted by atomic mass is 9.88. The van der Waals surface area contributed by atoms with Gasteiger partial charge in [-0.05, 0) is 36.7 Å². The number of amides is 1. The van der Waals surface area contributed by atoms with Crippen molar-refractivity contribution >= 4 is 27.7 Å². The Kier molecular flexibility index (Phi) is 4.59. The Bertz CT molecular complexity index is 648. The van der Waals surface area contributed by atoms with Crippen molar-refractivity contribution in [2.24, 2.45) is 11.8 Å². The van der Waals surface area contributed by atoms with E-state index >= 15 is 0 Å². The fourth-order valence-electron chi connectivity index (χ4n) is 2.45. The summed E-state index contributed by atoms with van der Waals surface area (Å²) < 4.78 is 2.86. The summed E-state index contributed by atoms with van der Waals surface area (Å²) in [6.07, 6.45) is 1.71. The van der Waals surface area contributed by atoms with Crippen molar-refractivity contribution in [2.45, 2.75) is 13.5 Å². The third-order valence-electron chi connectivity index (χ3n) is 4.15. The number of carbonyl (C=O) groups is 1. The SMILES string of the molecule is CC(C(=O)Nc1ccnn1Cc1ccc(Br)cc1)C1CNC1. The molecule has 2 N–H and O–H groups in total. The van der Waals surface area contributed by atoms with Gasteiger partial charge in [0.05, 0.1) is 12.7 Å². The molecule has 1 aliphatic heterocycles. The van der Waals surface area contributed by atoms with Gasteiger partial charge in [-0.15, -0.1) is 0 Å². The van der Waals surface area contributed by atoms with Crippen molar-refractivity contribution in [2.75, 3.05) is 18.4 Å². The standard InChI is InChI=1S/C16H19BrN4O/c1-11(13-8-18-9-13)16(22)20-15-6-7-19-21(15)10-12-2-4-14(17)5-3-12/h2-7,11,13,18H,8-10H2,1H3,(H,20,22). The molecule has 1 fully saturated rings. The largest absolute Gasteiger partial charge is 0.316 e. The third-order valence-corrected chi connectivity index (χ3v) is 4.68. The van der Waals surface area contributed by atoms with Crippen LogP contribution in [-0.4, -0.2) is 28.8 Å². The number of nitrogens with zero attached hydrogens (tertiary/aromatic N) is 2. The van der Waals surface area contributed by atoms with Gasteiger partial charge in [-0.1, -0.05) is 35.0 Å². The van der Waals surface area contributed by atoms with E-state index < -0.39 is 0 Å². The number of halogens is 1. The van der Waals surface area contributed by atoms with E-state index in [-0.39, 0.29) is 11.8 Å². The van der Waals surface area contributed by atoms with Crippen molar-refractivity contribution in [1.29, 1.82) is 0 Å². The lowest BCUT2D eigenvalue weighted by Crippen LogP contribution is -2.48. The van der Waals surface area contributed by atoms with Crippen molar-refractivity contribution < 1.29 is 4.79 Å². The zero-order valence-corrected chi connectivity index (χ0v) is 14.0. The van der Waals surface area contributed by atoms with E-state index in [0.717, 1.165) is 28.9 Å². The highest BCUT2D eigenvalue weighted by Crippen LogP contribution is 2.19. The minimum Gasteiger partial charge on any atom is -0.316 e. The first kappa shape index (κ1) is 15.2. The van der Waals surface area contributed by atoms with E-state index in [2.05, 4.69) is 31.7 Å². The molecule has 6 heteroatoms. The molecule has 1 aromatic heterocycles. The summed E-state index contributed by atoms with van der Waals surface area (Å²) in [6, 6.07) is 9.92. The van der Waals surface area contributed by atoms with Crippen molar-refractivity contribution in [3.63, 3.8) is 0 Å². The minimum absolute atomic E-state index is 0.0114. The van der Waals surface area contributed by atoms with Crippen LogP contribution in [0.3, 0.4) is 0 Å². The quantitative estimate of drug-likeness (QED) is 0.858. The Morgan fingerprint density at radius 2 is 2.14 bits per heavy atom. The molecule has 5 nitrogen and oxygen atoms in total. The molecule has 116 valence electrons. The Labute approximate surface area is 138 Å². The Balaban J connectivity index is 1.66. The van der Waals surface area contributed by atoms with Gasteiger partial charge < -0.3 is 10.6 Å². The first-order valence-electron chi connectivity index (χ1n) is 7.41. The normalized spacial score (nSPS) is 16.1. The number of benzene rings is 1. The monoisotopic (exact) mass is 362 g/mol. The number of anilines is 1. The van der Waals surface area contributed by atoms with Crippen molar-refractivity contribution in [3.05, 3.63) is 46.6 Å². The second kappa shape index (κ2) is 6.62. The third kappa shape index (κ3) is 3.39. The van der Waals surface area contributed by atoms with Crippen LogP contribution in [0.25, 0.3) is 0 Å². The number of nitrogens with one attached hydrogen (secondary N) is 2. The van der Waals surface area contributed by atoms with Crippen LogP contribution in [0.4, 0.5) is 5.82 Å². The van der Waals surface area contributed by atoms with Gasteiger partial charge in [-0.2, -0.15) is 5.10 Å². The van der Waals surface area contributed by atoms with Crippen molar-refractivity contribution in [3.8, 4) is 0 Å². The molecule has 1 saturated heterocycles. The van der Waals surface area contributed by atoms with Crippen LogP contribution < -0.4 is 10.6 Å². The summed E-state index contributed by atoms with van der Waals surface area (Å²) in [7, 11) is 0. The van der Waals surface area contributed by atoms with E-state index in [1.54, 1.807) is 6.20 Å².